The zero-order chi connectivity index (χ0) is 27.4. The Morgan fingerprint density at radius 1 is 0.897 bits per heavy atom. The van der Waals surface area contributed by atoms with Gasteiger partial charge < -0.3 is 19.5 Å². The van der Waals surface area contributed by atoms with Crippen LogP contribution in [0.15, 0.2) is 72.8 Å². The normalized spacial score (nSPS) is 10.9. The molecule has 0 fully saturated rings. The molecule has 5 aromatic rings. The number of nitrogens with zero attached hydrogens (tertiary/aromatic N) is 2. The van der Waals surface area contributed by atoms with Gasteiger partial charge >= 0.3 is 0 Å². The van der Waals surface area contributed by atoms with Gasteiger partial charge in [-0.2, -0.15) is 5.10 Å². The van der Waals surface area contributed by atoms with Crippen LogP contribution in [0, 0.1) is 5.82 Å². The lowest BCUT2D eigenvalue weighted by Gasteiger charge is -2.12. The molecule has 0 aliphatic rings. The molecule has 2 N–H and O–H groups in total. The Morgan fingerprint density at radius 3 is 2.38 bits per heavy atom. The molecule has 8 nitrogen and oxygen atoms in total. The highest BCUT2D eigenvalue weighted by Crippen LogP contribution is 2.34. The van der Waals surface area contributed by atoms with Gasteiger partial charge in [-0.05, 0) is 66.6 Å². The lowest BCUT2D eigenvalue weighted by atomic mass is 10.0. The molecule has 0 unspecified atom stereocenters. The number of halogens is 1. The minimum Gasteiger partial charge on any atom is -0.496 e. The standard InChI is InChI=1S/C30H27FN4O4/c1-37-24-7-5-4-6-21(24)23-17-22(27-28(34-35-29(27)33-23)19-9-11-20(31)12-10-19)30(36)32-15-14-18-8-13-25(38-2)26(16-18)39-3/h4-13,16-17H,14-15H2,1-3H3,(H,32,36)(H,33,34,35). The van der Waals surface area contributed by atoms with Gasteiger partial charge in [0.1, 0.15) is 11.6 Å². The first kappa shape index (κ1) is 25.7. The van der Waals surface area contributed by atoms with Crippen molar-refractivity contribution in [3.8, 4) is 39.8 Å². The number of pyridine rings is 1. The predicted molar refractivity (Wildman–Crippen MR) is 147 cm³/mol. The fourth-order valence-electron chi connectivity index (χ4n) is 4.47. The Hall–Kier alpha value is -4.92. The zero-order valence-corrected chi connectivity index (χ0v) is 21.7. The largest absolute Gasteiger partial charge is 0.496 e. The number of methoxy groups -OCH3 is 3. The van der Waals surface area contributed by atoms with Crippen molar-refractivity contribution < 1.29 is 23.4 Å². The second kappa shape index (κ2) is 11.2. The summed E-state index contributed by atoms with van der Waals surface area (Å²) in [5.41, 5.74) is 4.27. The van der Waals surface area contributed by atoms with E-state index in [1.54, 1.807) is 39.5 Å². The first-order chi connectivity index (χ1) is 19.0. The van der Waals surface area contributed by atoms with Crippen LogP contribution in [-0.2, 0) is 6.42 Å². The van der Waals surface area contributed by atoms with E-state index in [4.69, 9.17) is 19.2 Å². The van der Waals surface area contributed by atoms with Gasteiger partial charge in [-0.1, -0.05) is 18.2 Å². The van der Waals surface area contributed by atoms with E-state index in [1.807, 2.05) is 42.5 Å². The number of nitrogens with one attached hydrogen (secondary N) is 2. The number of carbonyl (C=O) groups is 1. The van der Waals surface area contributed by atoms with Crippen LogP contribution in [0.4, 0.5) is 4.39 Å². The highest BCUT2D eigenvalue weighted by atomic mass is 19.1. The molecule has 39 heavy (non-hydrogen) atoms. The maximum absolute atomic E-state index is 13.6. The molecule has 0 aliphatic carbocycles. The minimum atomic E-state index is -0.354. The van der Waals surface area contributed by atoms with E-state index in [9.17, 15) is 9.18 Å². The van der Waals surface area contributed by atoms with Gasteiger partial charge in [0.15, 0.2) is 17.1 Å². The summed E-state index contributed by atoms with van der Waals surface area (Å²) in [5, 5.41) is 10.9. The van der Waals surface area contributed by atoms with Crippen molar-refractivity contribution in [1.82, 2.24) is 20.5 Å². The van der Waals surface area contributed by atoms with Crippen molar-refractivity contribution in [2.24, 2.45) is 0 Å². The number of H-pyrrole nitrogens is 1. The second-order valence-electron chi connectivity index (χ2n) is 8.75. The van der Waals surface area contributed by atoms with Gasteiger partial charge in [0.25, 0.3) is 5.91 Å². The van der Waals surface area contributed by atoms with E-state index in [-0.39, 0.29) is 11.7 Å². The first-order valence-electron chi connectivity index (χ1n) is 12.3. The van der Waals surface area contributed by atoms with E-state index < -0.39 is 0 Å². The van der Waals surface area contributed by atoms with Gasteiger partial charge in [-0.25, -0.2) is 9.37 Å². The summed E-state index contributed by atoms with van der Waals surface area (Å²) in [6.45, 7) is 0.381. The molecular formula is C30H27FN4O4. The van der Waals surface area contributed by atoms with E-state index in [0.717, 1.165) is 11.1 Å². The van der Waals surface area contributed by atoms with Crippen molar-refractivity contribution in [2.75, 3.05) is 27.9 Å². The van der Waals surface area contributed by atoms with Crippen LogP contribution in [0.3, 0.4) is 0 Å². The van der Waals surface area contributed by atoms with Gasteiger partial charge in [-0.15, -0.1) is 0 Å². The summed E-state index contributed by atoms with van der Waals surface area (Å²) in [7, 11) is 4.75. The zero-order valence-electron chi connectivity index (χ0n) is 21.7. The minimum absolute atomic E-state index is 0.288. The van der Waals surface area contributed by atoms with Crippen LogP contribution >= 0.6 is 0 Å². The quantitative estimate of drug-likeness (QED) is 0.266. The number of amides is 1. The Morgan fingerprint density at radius 2 is 1.64 bits per heavy atom. The third-order valence-electron chi connectivity index (χ3n) is 6.43. The van der Waals surface area contributed by atoms with E-state index in [1.165, 1.54) is 12.1 Å². The highest BCUT2D eigenvalue weighted by molar-refractivity contribution is 6.11. The van der Waals surface area contributed by atoms with Crippen LogP contribution in [0.1, 0.15) is 15.9 Å². The molecule has 1 amide bonds. The lowest BCUT2D eigenvalue weighted by molar-refractivity contribution is 0.0955. The third kappa shape index (κ3) is 5.24. The molecule has 0 spiro atoms. The molecule has 0 atom stereocenters. The summed E-state index contributed by atoms with van der Waals surface area (Å²) in [6.07, 6.45) is 0.579. The molecule has 198 valence electrons. The van der Waals surface area contributed by atoms with Crippen LogP contribution in [0.5, 0.6) is 17.2 Å². The average molecular weight is 527 g/mol. The molecule has 0 saturated carbocycles. The summed E-state index contributed by atoms with van der Waals surface area (Å²) >= 11 is 0. The van der Waals surface area contributed by atoms with Gasteiger partial charge in [-0.3, -0.25) is 9.89 Å². The molecule has 0 aliphatic heterocycles. The summed E-state index contributed by atoms with van der Waals surface area (Å²) in [4.78, 5) is 18.4. The smallest absolute Gasteiger partial charge is 0.252 e. The first-order valence-corrected chi connectivity index (χ1v) is 12.3. The molecular weight excluding hydrogens is 499 g/mol. The number of hydrogen-bond acceptors (Lipinski definition) is 6. The van der Waals surface area contributed by atoms with Crippen LogP contribution in [0.25, 0.3) is 33.5 Å². The number of fused-ring (bicyclic) bond motifs is 1. The number of rotatable bonds is 9. The summed E-state index contributed by atoms with van der Waals surface area (Å²) in [5.74, 6) is 1.25. The number of benzene rings is 3. The molecule has 0 saturated heterocycles. The molecule has 2 aromatic heterocycles. The number of ether oxygens (including phenoxy) is 3. The Labute approximate surface area is 224 Å². The Balaban J connectivity index is 1.51. The predicted octanol–water partition coefficient (Wildman–Crippen LogP) is 5.43. The number of aromatic nitrogens is 3. The van der Waals surface area contributed by atoms with E-state index in [2.05, 4.69) is 15.5 Å². The van der Waals surface area contributed by atoms with Gasteiger partial charge in [0, 0.05) is 17.7 Å². The summed E-state index contributed by atoms with van der Waals surface area (Å²) < 4.78 is 29.8. The maximum atomic E-state index is 13.6. The van der Waals surface area contributed by atoms with Crippen molar-refractivity contribution >= 4 is 16.9 Å². The molecule has 5 rings (SSSR count). The number of aromatic amines is 1. The lowest BCUT2D eigenvalue weighted by Crippen LogP contribution is -2.26. The van der Waals surface area contributed by atoms with Crippen LogP contribution < -0.4 is 19.5 Å². The fraction of sp³-hybridized carbons (Fsp3) is 0.167. The number of carbonyl (C=O) groups excluding carboxylic acids is 1. The second-order valence-corrected chi connectivity index (χ2v) is 8.75. The molecule has 2 heterocycles. The molecule has 9 heteroatoms. The topological polar surface area (TPSA) is 98.4 Å². The van der Waals surface area contributed by atoms with Crippen molar-refractivity contribution in [3.05, 3.63) is 89.7 Å². The van der Waals surface area contributed by atoms with Crippen molar-refractivity contribution in [2.45, 2.75) is 6.42 Å². The van der Waals surface area contributed by atoms with Crippen LogP contribution in [-0.4, -0.2) is 49.0 Å². The Kier molecular flexibility index (Phi) is 7.40. The van der Waals surface area contributed by atoms with E-state index >= 15 is 0 Å². The SMILES string of the molecule is COc1ccc(CCNC(=O)c2cc(-c3ccccc3OC)nc3n[nH]c(-c4ccc(F)cc4)c23)cc1OC. The molecule has 0 bridgehead atoms. The van der Waals surface area contributed by atoms with Crippen molar-refractivity contribution in [1.29, 1.82) is 0 Å². The summed E-state index contributed by atoms with van der Waals surface area (Å²) in [6, 6.07) is 20.8. The molecule has 3 aromatic carbocycles. The fourth-order valence-corrected chi connectivity index (χ4v) is 4.47. The van der Waals surface area contributed by atoms with E-state index in [0.29, 0.717) is 63.8 Å². The van der Waals surface area contributed by atoms with Crippen molar-refractivity contribution in [3.63, 3.8) is 0 Å². The highest BCUT2D eigenvalue weighted by Gasteiger charge is 2.21. The van der Waals surface area contributed by atoms with Gasteiger partial charge in [0.2, 0.25) is 0 Å². The monoisotopic (exact) mass is 526 g/mol. The molecule has 0 radical (unpaired) electrons. The Bertz CT molecular complexity index is 1630. The number of para-hydroxylation sites is 1. The third-order valence-corrected chi connectivity index (χ3v) is 6.43. The average Bonchev–Trinajstić information content (AvgIpc) is 3.41. The maximum Gasteiger partial charge on any atom is 0.252 e. The van der Waals surface area contributed by atoms with Crippen LogP contribution in [0.2, 0.25) is 0 Å². The number of hydrogen-bond donors (Lipinski definition) is 2. The van der Waals surface area contributed by atoms with Gasteiger partial charge in [0.05, 0.1) is 43.7 Å².